The van der Waals surface area contributed by atoms with Gasteiger partial charge < -0.3 is 4.43 Å². The maximum Gasteiger partial charge on any atom is 0.192 e. The number of hydrogen-bond donors (Lipinski definition) is 0. The molecule has 2 aromatic heterocycles. The Morgan fingerprint density at radius 3 is 2.42 bits per heavy atom. The molecule has 0 aliphatic heterocycles. The predicted octanol–water partition coefficient (Wildman–Crippen LogP) is 6.67. The third-order valence-electron chi connectivity index (χ3n) is 6.34. The van der Waals surface area contributed by atoms with Crippen molar-refractivity contribution in [2.24, 2.45) is 0 Å². The Labute approximate surface area is 187 Å². The van der Waals surface area contributed by atoms with Crippen LogP contribution in [0.4, 0.5) is 0 Å². The van der Waals surface area contributed by atoms with Crippen molar-refractivity contribution in [1.82, 2.24) is 14.6 Å². The molecule has 1 unspecified atom stereocenters. The molecule has 0 N–H and O–H groups in total. The number of fused-ring (bicyclic) bond motifs is 1. The van der Waals surface area contributed by atoms with Gasteiger partial charge in [0, 0.05) is 17.7 Å². The molecule has 0 fully saturated rings. The quantitative estimate of drug-likeness (QED) is 0.406. The molecule has 1 atom stereocenters. The minimum Gasteiger partial charge on any atom is -0.413 e. The first-order valence-corrected chi connectivity index (χ1v) is 13.9. The summed E-state index contributed by atoms with van der Waals surface area (Å²) in [6, 6.07) is 12.6. The van der Waals surface area contributed by atoms with Crippen molar-refractivity contribution < 1.29 is 4.43 Å². The van der Waals surface area contributed by atoms with Crippen molar-refractivity contribution in [2.75, 3.05) is 0 Å². The molecule has 2 heterocycles. The minimum atomic E-state index is -1.89. The highest BCUT2D eigenvalue weighted by molar-refractivity contribution is 6.74. The molecule has 0 aliphatic rings. The Balaban J connectivity index is 2.16. The minimum absolute atomic E-state index is 0.146. The van der Waals surface area contributed by atoms with Crippen LogP contribution in [0.3, 0.4) is 0 Å². The van der Waals surface area contributed by atoms with Crippen molar-refractivity contribution >= 4 is 14.0 Å². The van der Waals surface area contributed by atoms with Crippen LogP contribution in [-0.4, -0.2) is 22.9 Å². The van der Waals surface area contributed by atoms with Gasteiger partial charge in [0.1, 0.15) is 0 Å². The molecular weight excluding hydrogens is 400 g/mol. The number of pyridine rings is 1. The first-order valence-electron chi connectivity index (χ1n) is 11.0. The van der Waals surface area contributed by atoms with Gasteiger partial charge in [-0.25, -0.2) is 9.50 Å². The highest BCUT2D eigenvalue weighted by Crippen LogP contribution is 2.38. The van der Waals surface area contributed by atoms with Crippen LogP contribution < -0.4 is 0 Å². The molecule has 6 heteroatoms. The summed E-state index contributed by atoms with van der Waals surface area (Å²) in [4.78, 5) is 4.84. The Hall–Kier alpha value is -2.49. The number of hydrogen-bond acceptors (Lipinski definition) is 4. The van der Waals surface area contributed by atoms with Gasteiger partial charge in [0.05, 0.1) is 18.6 Å². The Kier molecular flexibility index (Phi) is 6.40. The molecule has 0 radical (unpaired) electrons. The van der Waals surface area contributed by atoms with E-state index in [4.69, 9.17) is 14.5 Å². The maximum absolute atomic E-state index is 9.56. The van der Waals surface area contributed by atoms with Crippen molar-refractivity contribution in [2.45, 2.75) is 78.1 Å². The van der Waals surface area contributed by atoms with Gasteiger partial charge in [0.2, 0.25) is 0 Å². The SMILES string of the molecule is CC(C)c1nc2c(-c3ccccc3C(C)C#N)cc(CO[Si](C)(C)C(C)(C)C)cn2n1. The molecule has 5 nitrogen and oxygen atoms in total. The van der Waals surface area contributed by atoms with Crippen LogP contribution in [0.2, 0.25) is 18.1 Å². The number of rotatable bonds is 6. The average molecular weight is 435 g/mol. The lowest BCUT2D eigenvalue weighted by atomic mass is 9.92. The van der Waals surface area contributed by atoms with Crippen LogP contribution >= 0.6 is 0 Å². The smallest absolute Gasteiger partial charge is 0.192 e. The van der Waals surface area contributed by atoms with Gasteiger partial charge in [-0.15, -0.1) is 0 Å². The number of nitrogens with zero attached hydrogens (tertiary/aromatic N) is 4. The van der Waals surface area contributed by atoms with Gasteiger partial charge in [0.15, 0.2) is 19.8 Å². The second-order valence-electron chi connectivity index (χ2n) is 10.1. The summed E-state index contributed by atoms with van der Waals surface area (Å²) in [6.45, 7) is 17.9. The highest BCUT2D eigenvalue weighted by Gasteiger charge is 2.37. The molecule has 3 rings (SSSR count). The fourth-order valence-corrected chi connectivity index (χ4v) is 4.21. The molecule has 3 aromatic rings. The van der Waals surface area contributed by atoms with Crippen molar-refractivity contribution in [3.63, 3.8) is 0 Å². The van der Waals surface area contributed by atoms with Gasteiger partial charge in [0.25, 0.3) is 0 Å². The van der Waals surface area contributed by atoms with Crippen molar-refractivity contribution in [3.05, 3.63) is 53.5 Å². The monoisotopic (exact) mass is 434 g/mol. The number of aromatic nitrogens is 3. The van der Waals surface area contributed by atoms with Gasteiger partial charge >= 0.3 is 0 Å². The predicted molar refractivity (Wildman–Crippen MR) is 129 cm³/mol. The third kappa shape index (κ3) is 4.73. The van der Waals surface area contributed by atoms with E-state index in [1.165, 1.54) is 0 Å². The van der Waals surface area contributed by atoms with E-state index in [0.717, 1.165) is 33.7 Å². The summed E-state index contributed by atoms with van der Waals surface area (Å²) >= 11 is 0. The molecule has 0 saturated heterocycles. The molecular formula is C25H34N4OSi. The zero-order valence-electron chi connectivity index (χ0n) is 20.0. The summed E-state index contributed by atoms with van der Waals surface area (Å²) in [5.41, 5.74) is 4.90. The summed E-state index contributed by atoms with van der Waals surface area (Å²) in [5.74, 6) is 0.832. The molecule has 0 spiro atoms. The number of benzene rings is 1. The topological polar surface area (TPSA) is 63.2 Å². The van der Waals surface area contributed by atoms with E-state index in [1.807, 2.05) is 35.8 Å². The standard InChI is InChI=1S/C25H34N4OSi/c1-17(2)23-27-24-22(21-12-10-9-11-20(21)18(3)14-26)13-19(15-29(24)28-23)16-30-31(7,8)25(4,5)6/h9-13,15,17-18H,16H2,1-8H3. The molecule has 0 saturated carbocycles. The van der Waals surface area contributed by atoms with E-state index < -0.39 is 8.32 Å². The Bertz CT molecular complexity index is 1120. The van der Waals surface area contributed by atoms with E-state index in [0.29, 0.717) is 6.61 Å². The molecule has 0 aliphatic carbocycles. The largest absolute Gasteiger partial charge is 0.413 e. The van der Waals surface area contributed by atoms with Crippen molar-refractivity contribution in [1.29, 1.82) is 5.26 Å². The first-order chi connectivity index (χ1) is 14.4. The van der Waals surface area contributed by atoms with Crippen LogP contribution in [-0.2, 0) is 11.0 Å². The summed E-state index contributed by atoms with van der Waals surface area (Å²) in [7, 11) is -1.89. The first kappa shape index (κ1) is 23.2. The van der Waals surface area contributed by atoms with Crippen LogP contribution in [0.5, 0.6) is 0 Å². The van der Waals surface area contributed by atoms with Crippen LogP contribution in [0, 0.1) is 11.3 Å². The van der Waals surface area contributed by atoms with Crippen LogP contribution in [0.25, 0.3) is 16.8 Å². The van der Waals surface area contributed by atoms with E-state index in [2.05, 4.69) is 65.9 Å². The van der Waals surface area contributed by atoms with Crippen LogP contribution in [0.1, 0.15) is 70.3 Å². The zero-order valence-corrected chi connectivity index (χ0v) is 21.0. The molecule has 1 aromatic carbocycles. The zero-order chi connectivity index (χ0) is 23.0. The van der Waals surface area contributed by atoms with E-state index in [-0.39, 0.29) is 16.9 Å². The van der Waals surface area contributed by atoms with Gasteiger partial charge in [-0.05, 0) is 47.8 Å². The molecule has 31 heavy (non-hydrogen) atoms. The highest BCUT2D eigenvalue weighted by atomic mass is 28.4. The molecule has 164 valence electrons. The fourth-order valence-electron chi connectivity index (χ4n) is 3.25. The lowest BCUT2D eigenvalue weighted by molar-refractivity contribution is 0.276. The van der Waals surface area contributed by atoms with Gasteiger partial charge in [-0.3, -0.25) is 0 Å². The molecule has 0 bridgehead atoms. The van der Waals surface area contributed by atoms with Gasteiger partial charge in [-0.2, -0.15) is 10.4 Å². The Morgan fingerprint density at radius 2 is 1.81 bits per heavy atom. The van der Waals surface area contributed by atoms with E-state index >= 15 is 0 Å². The summed E-state index contributed by atoms with van der Waals surface area (Å²) < 4.78 is 8.38. The lowest BCUT2D eigenvalue weighted by Gasteiger charge is -2.36. The second kappa shape index (κ2) is 8.56. The second-order valence-corrected chi connectivity index (χ2v) is 15.0. The lowest BCUT2D eigenvalue weighted by Crippen LogP contribution is -2.40. The van der Waals surface area contributed by atoms with E-state index in [9.17, 15) is 5.26 Å². The maximum atomic E-state index is 9.56. The average Bonchev–Trinajstić information content (AvgIpc) is 3.15. The number of nitriles is 1. The third-order valence-corrected chi connectivity index (χ3v) is 10.8. The normalized spacial score (nSPS) is 13.5. The van der Waals surface area contributed by atoms with E-state index in [1.54, 1.807) is 0 Å². The van der Waals surface area contributed by atoms with Crippen molar-refractivity contribution in [3.8, 4) is 17.2 Å². The summed E-state index contributed by atoms with van der Waals surface area (Å²) in [6.07, 6.45) is 2.03. The summed E-state index contributed by atoms with van der Waals surface area (Å²) in [5, 5.41) is 14.4. The fraction of sp³-hybridized carbons (Fsp3) is 0.480. The Morgan fingerprint density at radius 1 is 1.13 bits per heavy atom. The van der Waals surface area contributed by atoms with Crippen LogP contribution in [0.15, 0.2) is 36.5 Å². The molecule has 0 amide bonds. The van der Waals surface area contributed by atoms with Gasteiger partial charge in [-0.1, -0.05) is 58.9 Å².